The maximum atomic E-state index is 12.3. The van der Waals surface area contributed by atoms with E-state index in [1.165, 1.54) is 11.1 Å². The second-order valence-electron chi connectivity index (χ2n) is 4.73. The van der Waals surface area contributed by atoms with E-state index in [0.717, 1.165) is 11.0 Å². The Labute approximate surface area is 111 Å². The maximum Gasteiger partial charge on any atom is 0.228 e. The average molecular weight is 250 g/mol. The first-order valence-electron chi connectivity index (χ1n) is 6.22. The fourth-order valence-corrected chi connectivity index (χ4v) is 2.10. The molecule has 0 aliphatic carbocycles. The third kappa shape index (κ3) is 2.03. The molecule has 0 aliphatic heterocycles. The summed E-state index contributed by atoms with van der Waals surface area (Å²) in [5.74, 6) is 0.318. The molecule has 2 aromatic carbocycles. The Kier molecular flexibility index (Phi) is 2.67. The monoisotopic (exact) mass is 250 g/mol. The van der Waals surface area contributed by atoms with Crippen molar-refractivity contribution in [3.63, 3.8) is 0 Å². The zero-order valence-corrected chi connectivity index (χ0v) is 10.9. The van der Waals surface area contributed by atoms with Crippen LogP contribution in [0.15, 0.2) is 42.5 Å². The van der Waals surface area contributed by atoms with E-state index in [9.17, 15) is 4.79 Å². The molecule has 0 saturated carbocycles. The van der Waals surface area contributed by atoms with Gasteiger partial charge in [0.2, 0.25) is 5.78 Å². The lowest BCUT2D eigenvalue weighted by Crippen LogP contribution is -2.02. The van der Waals surface area contributed by atoms with Gasteiger partial charge in [0.1, 0.15) is 0 Å². The largest absolute Gasteiger partial charge is 0.335 e. The molecule has 19 heavy (non-hydrogen) atoms. The number of aryl methyl sites for hydroxylation is 2. The van der Waals surface area contributed by atoms with Crippen molar-refractivity contribution in [1.29, 1.82) is 0 Å². The normalized spacial score (nSPS) is 10.8. The summed E-state index contributed by atoms with van der Waals surface area (Å²) in [4.78, 5) is 19.8. The average Bonchev–Trinajstić information content (AvgIpc) is 2.82. The Morgan fingerprint density at radius 2 is 1.74 bits per heavy atom. The molecule has 0 atom stereocenters. The van der Waals surface area contributed by atoms with E-state index in [0.29, 0.717) is 11.4 Å². The van der Waals surface area contributed by atoms with Crippen molar-refractivity contribution < 1.29 is 4.79 Å². The van der Waals surface area contributed by atoms with Crippen LogP contribution in [0.5, 0.6) is 0 Å². The van der Waals surface area contributed by atoms with Crippen molar-refractivity contribution in [2.75, 3.05) is 0 Å². The van der Waals surface area contributed by atoms with Gasteiger partial charge in [-0.05, 0) is 37.1 Å². The third-order valence-corrected chi connectivity index (χ3v) is 3.35. The molecule has 1 N–H and O–H groups in total. The quantitative estimate of drug-likeness (QED) is 0.708. The molecule has 94 valence electrons. The highest BCUT2D eigenvalue weighted by Gasteiger charge is 2.13. The lowest BCUT2D eigenvalue weighted by Gasteiger charge is -1.97. The molecular formula is C16H14N2O. The Balaban J connectivity index is 2.09. The first-order valence-corrected chi connectivity index (χ1v) is 6.22. The maximum absolute atomic E-state index is 12.3. The van der Waals surface area contributed by atoms with Crippen LogP contribution in [-0.4, -0.2) is 15.8 Å². The Bertz CT molecular complexity index is 718. The van der Waals surface area contributed by atoms with Gasteiger partial charge in [0.25, 0.3) is 0 Å². The van der Waals surface area contributed by atoms with Crippen molar-refractivity contribution in [3.05, 3.63) is 65.0 Å². The number of aromatic amines is 1. The van der Waals surface area contributed by atoms with Crippen LogP contribution in [-0.2, 0) is 0 Å². The predicted molar refractivity (Wildman–Crippen MR) is 75.4 cm³/mol. The number of hydrogen-bond acceptors (Lipinski definition) is 2. The number of rotatable bonds is 2. The summed E-state index contributed by atoms with van der Waals surface area (Å²) < 4.78 is 0. The number of ketones is 1. The van der Waals surface area contributed by atoms with Crippen molar-refractivity contribution in [2.24, 2.45) is 0 Å². The van der Waals surface area contributed by atoms with Crippen LogP contribution < -0.4 is 0 Å². The van der Waals surface area contributed by atoms with Gasteiger partial charge in [-0.1, -0.05) is 30.3 Å². The minimum absolute atomic E-state index is 0.0768. The van der Waals surface area contributed by atoms with Crippen LogP contribution in [0.3, 0.4) is 0 Å². The number of fused-ring (bicyclic) bond motifs is 1. The van der Waals surface area contributed by atoms with Crippen LogP contribution in [0.25, 0.3) is 11.0 Å². The Morgan fingerprint density at radius 3 is 2.47 bits per heavy atom. The van der Waals surface area contributed by atoms with E-state index in [4.69, 9.17) is 0 Å². The molecule has 0 fully saturated rings. The summed E-state index contributed by atoms with van der Waals surface area (Å²) >= 11 is 0. The summed E-state index contributed by atoms with van der Waals surface area (Å²) in [5, 5.41) is 0. The molecule has 3 heteroatoms. The molecule has 3 aromatic rings. The lowest BCUT2D eigenvalue weighted by atomic mass is 10.1. The first-order chi connectivity index (χ1) is 9.15. The van der Waals surface area contributed by atoms with E-state index < -0.39 is 0 Å². The van der Waals surface area contributed by atoms with Crippen molar-refractivity contribution in [1.82, 2.24) is 9.97 Å². The summed E-state index contributed by atoms with van der Waals surface area (Å²) in [6.45, 7) is 4.09. The highest BCUT2D eigenvalue weighted by molar-refractivity contribution is 6.07. The van der Waals surface area contributed by atoms with Crippen LogP contribution in [0.2, 0.25) is 0 Å². The van der Waals surface area contributed by atoms with Crippen molar-refractivity contribution in [2.45, 2.75) is 13.8 Å². The molecule has 1 aromatic heterocycles. The predicted octanol–water partition coefficient (Wildman–Crippen LogP) is 3.41. The standard InChI is InChI=1S/C16H14N2O/c1-10-8-13-14(9-11(10)2)18-16(17-13)15(19)12-6-4-3-5-7-12/h3-9H,1-2H3,(H,17,18). The Hall–Kier alpha value is -2.42. The topological polar surface area (TPSA) is 45.8 Å². The molecule has 0 aliphatic rings. The van der Waals surface area contributed by atoms with E-state index in [-0.39, 0.29) is 5.78 Å². The molecule has 1 heterocycles. The van der Waals surface area contributed by atoms with Gasteiger partial charge >= 0.3 is 0 Å². The zero-order chi connectivity index (χ0) is 13.4. The van der Waals surface area contributed by atoms with E-state index in [1.54, 1.807) is 12.1 Å². The van der Waals surface area contributed by atoms with Gasteiger partial charge in [-0.15, -0.1) is 0 Å². The van der Waals surface area contributed by atoms with Crippen LogP contribution in [0, 0.1) is 13.8 Å². The van der Waals surface area contributed by atoms with Crippen LogP contribution >= 0.6 is 0 Å². The number of nitrogens with zero attached hydrogens (tertiary/aromatic N) is 1. The van der Waals surface area contributed by atoms with Gasteiger partial charge in [0, 0.05) is 5.56 Å². The van der Waals surface area contributed by atoms with Crippen LogP contribution in [0.1, 0.15) is 27.3 Å². The lowest BCUT2D eigenvalue weighted by molar-refractivity contribution is 0.103. The van der Waals surface area contributed by atoms with Gasteiger partial charge in [-0.25, -0.2) is 4.98 Å². The number of aromatic nitrogens is 2. The van der Waals surface area contributed by atoms with Gasteiger partial charge in [-0.3, -0.25) is 4.79 Å². The second kappa shape index (κ2) is 4.35. The number of H-pyrrole nitrogens is 1. The molecule has 0 spiro atoms. The molecule has 0 radical (unpaired) electrons. The molecule has 0 unspecified atom stereocenters. The minimum Gasteiger partial charge on any atom is -0.335 e. The summed E-state index contributed by atoms with van der Waals surface area (Å²) in [5.41, 5.74) is 4.76. The molecule has 3 nitrogen and oxygen atoms in total. The molecule has 0 bridgehead atoms. The number of nitrogens with one attached hydrogen (secondary N) is 1. The highest BCUT2D eigenvalue weighted by atomic mass is 16.1. The van der Waals surface area contributed by atoms with Gasteiger partial charge in [0.15, 0.2) is 5.82 Å². The SMILES string of the molecule is Cc1cc2nc(C(=O)c3ccccc3)[nH]c2cc1C. The van der Waals surface area contributed by atoms with Crippen molar-refractivity contribution >= 4 is 16.8 Å². The summed E-state index contributed by atoms with van der Waals surface area (Å²) in [6, 6.07) is 13.2. The molecular weight excluding hydrogens is 236 g/mol. The summed E-state index contributed by atoms with van der Waals surface area (Å²) in [7, 11) is 0. The second-order valence-corrected chi connectivity index (χ2v) is 4.73. The fraction of sp³-hybridized carbons (Fsp3) is 0.125. The van der Waals surface area contributed by atoms with E-state index in [2.05, 4.69) is 9.97 Å². The van der Waals surface area contributed by atoms with Gasteiger partial charge in [-0.2, -0.15) is 0 Å². The molecule has 3 rings (SSSR count). The fourth-order valence-electron chi connectivity index (χ4n) is 2.10. The van der Waals surface area contributed by atoms with Crippen molar-refractivity contribution in [3.8, 4) is 0 Å². The Morgan fingerprint density at radius 1 is 1.05 bits per heavy atom. The number of carbonyl (C=O) groups excluding carboxylic acids is 1. The third-order valence-electron chi connectivity index (χ3n) is 3.35. The minimum atomic E-state index is -0.0768. The van der Waals surface area contributed by atoms with E-state index >= 15 is 0 Å². The number of imidazole rings is 1. The number of hydrogen-bond donors (Lipinski definition) is 1. The summed E-state index contributed by atoms with van der Waals surface area (Å²) in [6.07, 6.45) is 0. The zero-order valence-electron chi connectivity index (χ0n) is 10.9. The van der Waals surface area contributed by atoms with Gasteiger partial charge < -0.3 is 4.98 Å². The number of carbonyl (C=O) groups is 1. The smallest absolute Gasteiger partial charge is 0.228 e. The molecule has 0 saturated heterocycles. The van der Waals surface area contributed by atoms with E-state index in [1.807, 2.05) is 44.2 Å². The molecule has 0 amide bonds. The number of benzene rings is 2. The first kappa shape index (κ1) is 11.7. The van der Waals surface area contributed by atoms with Crippen LogP contribution in [0.4, 0.5) is 0 Å². The van der Waals surface area contributed by atoms with Gasteiger partial charge in [0.05, 0.1) is 11.0 Å². The highest BCUT2D eigenvalue weighted by Crippen LogP contribution is 2.18.